The number of carbonyl (C=O) groups is 1. The zero-order valence-corrected chi connectivity index (χ0v) is 14.3. The lowest BCUT2D eigenvalue weighted by atomic mass is 9.94. The van der Waals surface area contributed by atoms with Gasteiger partial charge in [0.05, 0.1) is 5.54 Å². The number of nitrogens with two attached hydrogens (primary N) is 1. The Labute approximate surface area is 130 Å². The minimum atomic E-state index is -0.563. The summed E-state index contributed by atoms with van der Waals surface area (Å²) in [5.41, 5.74) is 5.01. The highest BCUT2D eigenvalue weighted by molar-refractivity contribution is 5.84. The van der Waals surface area contributed by atoms with E-state index in [9.17, 15) is 4.79 Å². The molecule has 0 aromatic carbocycles. The van der Waals surface area contributed by atoms with Crippen molar-refractivity contribution in [3.05, 3.63) is 0 Å². The lowest BCUT2D eigenvalue weighted by Gasteiger charge is -2.30. The zero-order valence-electron chi connectivity index (χ0n) is 14.3. The molecule has 1 saturated heterocycles. The molecule has 0 radical (unpaired) electrons. The quantitative estimate of drug-likeness (QED) is 0.632. The van der Waals surface area contributed by atoms with Gasteiger partial charge < -0.3 is 16.0 Å². The van der Waals surface area contributed by atoms with E-state index in [2.05, 4.69) is 36.1 Å². The molecule has 0 bridgehead atoms. The summed E-state index contributed by atoms with van der Waals surface area (Å²) in [4.78, 5) is 16.5. The second-order valence-electron chi connectivity index (χ2n) is 6.82. The average Bonchev–Trinajstić information content (AvgIpc) is 2.83. The monoisotopic (exact) mass is 298 g/mol. The zero-order chi connectivity index (χ0) is 15.9. The Morgan fingerprint density at radius 2 is 2.19 bits per heavy atom. The summed E-state index contributed by atoms with van der Waals surface area (Å²) >= 11 is 0. The van der Waals surface area contributed by atoms with Crippen molar-refractivity contribution in [2.75, 3.05) is 40.3 Å². The van der Waals surface area contributed by atoms with E-state index < -0.39 is 5.54 Å². The Bertz CT molecular complexity index is 321. The van der Waals surface area contributed by atoms with Crippen LogP contribution in [0.15, 0.2) is 0 Å². The smallest absolute Gasteiger partial charge is 0.237 e. The molecule has 2 atom stereocenters. The number of hydrogen-bond donors (Lipinski definition) is 2. The van der Waals surface area contributed by atoms with Gasteiger partial charge >= 0.3 is 0 Å². The first-order valence-corrected chi connectivity index (χ1v) is 8.32. The van der Waals surface area contributed by atoms with E-state index in [1.807, 2.05) is 6.92 Å². The molecule has 1 rings (SSSR count). The molecule has 0 aliphatic carbocycles. The van der Waals surface area contributed by atoms with Crippen molar-refractivity contribution < 1.29 is 4.79 Å². The predicted octanol–water partition coefficient (Wildman–Crippen LogP) is 1.04. The van der Waals surface area contributed by atoms with Gasteiger partial charge in [0.25, 0.3) is 0 Å². The van der Waals surface area contributed by atoms with Crippen LogP contribution < -0.4 is 11.1 Å². The maximum Gasteiger partial charge on any atom is 0.237 e. The highest BCUT2D eigenvalue weighted by Gasteiger charge is 2.31. The number of hydrogen-bond acceptors (Lipinski definition) is 4. The summed E-state index contributed by atoms with van der Waals surface area (Å²) in [6, 6.07) is 0.670. The third-order valence-electron chi connectivity index (χ3n) is 4.51. The molecule has 0 spiro atoms. The molecule has 1 heterocycles. The van der Waals surface area contributed by atoms with Gasteiger partial charge in [-0.15, -0.1) is 0 Å². The number of nitrogens with zero attached hydrogens (tertiary/aromatic N) is 2. The van der Waals surface area contributed by atoms with Gasteiger partial charge in [-0.25, -0.2) is 0 Å². The van der Waals surface area contributed by atoms with Crippen molar-refractivity contribution in [1.29, 1.82) is 0 Å². The third-order valence-corrected chi connectivity index (χ3v) is 4.51. The lowest BCUT2D eigenvalue weighted by molar-refractivity contribution is -0.124. The number of amides is 1. The fourth-order valence-electron chi connectivity index (χ4n) is 3.15. The molecule has 5 nitrogen and oxygen atoms in total. The summed E-state index contributed by atoms with van der Waals surface area (Å²) in [7, 11) is 4.27. The summed E-state index contributed by atoms with van der Waals surface area (Å²) in [6.07, 6.45) is 5.42. The fourth-order valence-corrected chi connectivity index (χ4v) is 3.15. The third kappa shape index (κ3) is 5.93. The number of rotatable bonds is 10. The van der Waals surface area contributed by atoms with Gasteiger partial charge in [0.2, 0.25) is 5.91 Å². The van der Waals surface area contributed by atoms with E-state index in [4.69, 9.17) is 5.73 Å². The Balaban J connectivity index is 2.41. The van der Waals surface area contributed by atoms with Crippen LogP contribution in [0.1, 0.15) is 46.0 Å². The number of nitrogens with one attached hydrogen (secondary N) is 1. The lowest BCUT2D eigenvalue weighted by Crippen LogP contribution is -2.53. The van der Waals surface area contributed by atoms with Crippen LogP contribution >= 0.6 is 0 Å². The Morgan fingerprint density at radius 1 is 1.48 bits per heavy atom. The number of carbonyl (C=O) groups excluding carboxylic acids is 1. The summed E-state index contributed by atoms with van der Waals surface area (Å²) in [5, 5.41) is 3.31. The topological polar surface area (TPSA) is 61.6 Å². The first-order chi connectivity index (χ1) is 9.89. The standard InChI is InChI=1S/C16H34N4O/c1-5-10-18-16(2,15(17)21)9-7-12-20-11-6-8-14(20)13-19(3)4/h14,18H,5-13H2,1-4H3,(H2,17,21). The molecule has 1 aliphatic heterocycles. The maximum absolute atomic E-state index is 11.7. The minimum absolute atomic E-state index is 0.234. The first-order valence-electron chi connectivity index (χ1n) is 8.32. The molecule has 3 N–H and O–H groups in total. The van der Waals surface area contributed by atoms with Gasteiger partial charge in [-0.2, -0.15) is 0 Å². The fraction of sp³-hybridized carbons (Fsp3) is 0.938. The normalized spacial score (nSPS) is 22.6. The van der Waals surface area contributed by atoms with E-state index in [0.29, 0.717) is 6.04 Å². The molecule has 1 amide bonds. The van der Waals surface area contributed by atoms with Crippen LogP contribution in [0.3, 0.4) is 0 Å². The van der Waals surface area contributed by atoms with E-state index in [0.717, 1.165) is 38.9 Å². The molecule has 21 heavy (non-hydrogen) atoms. The second-order valence-corrected chi connectivity index (χ2v) is 6.82. The molecule has 0 aromatic rings. The van der Waals surface area contributed by atoms with Crippen LogP contribution in [0.2, 0.25) is 0 Å². The highest BCUT2D eigenvalue weighted by atomic mass is 16.1. The molecular weight excluding hydrogens is 264 g/mol. The summed E-state index contributed by atoms with van der Waals surface area (Å²) in [6.45, 7) is 8.26. The van der Waals surface area contributed by atoms with Crippen molar-refractivity contribution in [1.82, 2.24) is 15.1 Å². The van der Waals surface area contributed by atoms with Crippen LogP contribution in [-0.4, -0.2) is 67.6 Å². The van der Waals surface area contributed by atoms with E-state index in [1.165, 1.54) is 19.4 Å². The van der Waals surface area contributed by atoms with Crippen molar-refractivity contribution in [3.8, 4) is 0 Å². The van der Waals surface area contributed by atoms with Crippen LogP contribution in [-0.2, 0) is 4.79 Å². The Morgan fingerprint density at radius 3 is 2.76 bits per heavy atom. The molecule has 0 saturated carbocycles. The van der Waals surface area contributed by atoms with E-state index in [1.54, 1.807) is 0 Å². The van der Waals surface area contributed by atoms with Crippen molar-refractivity contribution in [2.45, 2.75) is 57.5 Å². The molecule has 1 aliphatic rings. The van der Waals surface area contributed by atoms with Gasteiger partial charge in [-0.3, -0.25) is 9.69 Å². The summed E-state index contributed by atoms with van der Waals surface area (Å²) < 4.78 is 0. The van der Waals surface area contributed by atoms with Crippen molar-refractivity contribution >= 4 is 5.91 Å². The average molecular weight is 298 g/mol. The van der Waals surface area contributed by atoms with Crippen molar-refractivity contribution in [3.63, 3.8) is 0 Å². The molecule has 1 fully saturated rings. The predicted molar refractivity (Wildman–Crippen MR) is 88.3 cm³/mol. The van der Waals surface area contributed by atoms with Gasteiger partial charge in [0, 0.05) is 12.6 Å². The van der Waals surface area contributed by atoms with Crippen LogP contribution in [0.25, 0.3) is 0 Å². The first kappa shape index (κ1) is 18.4. The van der Waals surface area contributed by atoms with E-state index in [-0.39, 0.29) is 5.91 Å². The second kappa shape index (κ2) is 8.71. The largest absolute Gasteiger partial charge is 0.368 e. The van der Waals surface area contributed by atoms with Gasteiger partial charge in [-0.1, -0.05) is 6.92 Å². The van der Waals surface area contributed by atoms with Gasteiger partial charge in [-0.05, 0) is 72.8 Å². The number of likely N-dealkylation sites (N-methyl/N-ethyl adjacent to an activating group) is 1. The number of primary amides is 1. The maximum atomic E-state index is 11.7. The molecule has 5 heteroatoms. The molecule has 2 unspecified atom stereocenters. The molecular formula is C16H34N4O. The SMILES string of the molecule is CCCNC(C)(CCCN1CCCC1CN(C)C)C(N)=O. The van der Waals surface area contributed by atoms with Crippen LogP contribution in [0.5, 0.6) is 0 Å². The highest BCUT2D eigenvalue weighted by Crippen LogP contribution is 2.20. The molecule has 0 aromatic heterocycles. The van der Waals surface area contributed by atoms with E-state index >= 15 is 0 Å². The number of likely N-dealkylation sites (tertiary alicyclic amines) is 1. The van der Waals surface area contributed by atoms with Gasteiger partial charge in [0.1, 0.15) is 0 Å². The Hall–Kier alpha value is -0.650. The molecule has 124 valence electrons. The van der Waals surface area contributed by atoms with Crippen LogP contribution in [0.4, 0.5) is 0 Å². The summed E-state index contributed by atoms with van der Waals surface area (Å²) in [5.74, 6) is -0.234. The van der Waals surface area contributed by atoms with Crippen LogP contribution in [0, 0.1) is 0 Å². The minimum Gasteiger partial charge on any atom is -0.368 e. The van der Waals surface area contributed by atoms with Crippen molar-refractivity contribution in [2.24, 2.45) is 5.73 Å². The Kier molecular flexibility index (Phi) is 7.63. The van der Waals surface area contributed by atoms with Gasteiger partial charge in [0.15, 0.2) is 0 Å².